The van der Waals surface area contributed by atoms with E-state index in [0.717, 1.165) is 35.7 Å². The van der Waals surface area contributed by atoms with E-state index < -0.39 is 0 Å². The summed E-state index contributed by atoms with van der Waals surface area (Å²) in [5.74, 6) is 0.957. The van der Waals surface area contributed by atoms with Gasteiger partial charge < -0.3 is 10.6 Å². The summed E-state index contributed by atoms with van der Waals surface area (Å²) >= 11 is 7.39. The Kier molecular flexibility index (Phi) is 6.21. The summed E-state index contributed by atoms with van der Waals surface area (Å²) in [5.41, 5.74) is 1.13. The van der Waals surface area contributed by atoms with Gasteiger partial charge in [-0.05, 0) is 30.5 Å². The molecule has 1 atom stereocenters. The van der Waals surface area contributed by atoms with Crippen molar-refractivity contribution in [2.75, 3.05) is 12.3 Å². The van der Waals surface area contributed by atoms with Crippen LogP contribution in [0.1, 0.15) is 18.4 Å². The molecule has 1 aliphatic heterocycles. The first-order valence-electron chi connectivity index (χ1n) is 6.69. The van der Waals surface area contributed by atoms with Gasteiger partial charge in [-0.3, -0.25) is 10.4 Å². The minimum absolute atomic E-state index is 0.423. The zero-order valence-electron chi connectivity index (χ0n) is 11.2. The van der Waals surface area contributed by atoms with Crippen LogP contribution in [0, 0.1) is 5.41 Å². The molecular weight excluding hydrogens is 292 g/mol. The molecule has 1 aliphatic rings. The number of amidine groups is 1. The van der Waals surface area contributed by atoms with Gasteiger partial charge in [0.05, 0.1) is 12.4 Å². The molecule has 0 amide bonds. The lowest BCUT2D eigenvalue weighted by Gasteiger charge is -2.09. The van der Waals surface area contributed by atoms with E-state index in [2.05, 4.69) is 15.6 Å². The zero-order valence-corrected chi connectivity index (χ0v) is 12.8. The molecule has 0 radical (unpaired) electrons. The van der Waals surface area contributed by atoms with Gasteiger partial charge in [-0.25, -0.2) is 0 Å². The number of aliphatic imine (C=N–C) groups is 1. The maximum Gasteiger partial charge on any atom is 0.153 e. The fourth-order valence-corrected chi connectivity index (χ4v) is 2.72. The quantitative estimate of drug-likeness (QED) is 0.430. The molecule has 3 N–H and O–H groups in total. The molecule has 0 aliphatic carbocycles. The van der Waals surface area contributed by atoms with E-state index in [4.69, 9.17) is 17.0 Å². The van der Waals surface area contributed by atoms with Crippen molar-refractivity contribution in [2.45, 2.75) is 25.4 Å². The SMILES string of the molecule is N=C(NCc1ccc(Cl)cc1)SCCCC1CNC=N1. The second-order valence-electron chi connectivity index (χ2n) is 4.64. The summed E-state index contributed by atoms with van der Waals surface area (Å²) in [6.07, 6.45) is 3.95. The molecule has 0 bridgehead atoms. The first kappa shape index (κ1) is 15.2. The predicted molar refractivity (Wildman–Crippen MR) is 88.0 cm³/mol. The first-order valence-corrected chi connectivity index (χ1v) is 8.05. The van der Waals surface area contributed by atoms with E-state index in [0.29, 0.717) is 17.8 Å². The molecule has 0 saturated carbocycles. The number of nitrogens with one attached hydrogen (secondary N) is 3. The van der Waals surface area contributed by atoms with Gasteiger partial charge in [-0.15, -0.1) is 0 Å². The van der Waals surface area contributed by atoms with Gasteiger partial charge >= 0.3 is 0 Å². The van der Waals surface area contributed by atoms with Crippen molar-refractivity contribution in [1.29, 1.82) is 5.41 Å². The molecule has 1 aromatic carbocycles. The third kappa shape index (κ3) is 5.43. The second kappa shape index (κ2) is 8.17. The van der Waals surface area contributed by atoms with E-state index in [1.165, 1.54) is 0 Å². The maximum atomic E-state index is 7.85. The largest absolute Gasteiger partial charge is 0.374 e. The number of rotatable bonds is 6. The standard InChI is InChI=1S/C14H19ClN4S/c15-12-5-3-11(4-6-12)8-18-14(16)20-7-1-2-13-9-17-10-19-13/h3-6,10,13H,1-2,7-9H2,(H2,16,18)(H,17,19). The number of thioether (sulfide) groups is 1. The normalized spacial score (nSPS) is 16.9. The molecule has 0 saturated heterocycles. The van der Waals surface area contributed by atoms with Crippen molar-refractivity contribution in [3.05, 3.63) is 34.9 Å². The maximum absolute atomic E-state index is 7.85. The Balaban J connectivity index is 1.56. The van der Waals surface area contributed by atoms with Gasteiger partial charge in [0, 0.05) is 23.9 Å². The van der Waals surface area contributed by atoms with Crippen molar-refractivity contribution in [2.24, 2.45) is 4.99 Å². The molecule has 6 heteroatoms. The topological polar surface area (TPSA) is 60.3 Å². The molecule has 0 aromatic heterocycles. The third-order valence-corrected chi connectivity index (χ3v) is 4.20. The van der Waals surface area contributed by atoms with Crippen molar-refractivity contribution in [1.82, 2.24) is 10.6 Å². The predicted octanol–water partition coefficient (Wildman–Crippen LogP) is 2.88. The van der Waals surface area contributed by atoms with Crippen LogP contribution in [0.15, 0.2) is 29.3 Å². The van der Waals surface area contributed by atoms with Gasteiger partial charge in [0.1, 0.15) is 0 Å². The molecule has 2 rings (SSSR count). The van der Waals surface area contributed by atoms with Crippen molar-refractivity contribution in [3.63, 3.8) is 0 Å². The Morgan fingerprint density at radius 1 is 1.45 bits per heavy atom. The fraction of sp³-hybridized carbons (Fsp3) is 0.429. The highest BCUT2D eigenvalue weighted by Gasteiger charge is 2.09. The smallest absolute Gasteiger partial charge is 0.153 e. The van der Waals surface area contributed by atoms with Gasteiger partial charge in [0.15, 0.2) is 5.17 Å². The molecule has 0 fully saturated rings. The lowest BCUT2D eigenvalue weighted by molar-refractivity contribution is 0.628. The summed E-state index contributed by atoms with van der Waals surface area (Å²) in [5, 5.41) is 15.3. The molecular formula is C14H19ClN4S. The monoisotopic (exact) mass is 310 g/mol. The fourth-order valence-electron chi connectivity index (χ4n) is 1.90. The Hall–Kier alpha value is -1.20. The van der Waals surface area contributed by atoms with Gasteiger partial charge in [-0.2, -0.15) is 0 Å². The van der Waals surface area contributed by atoms with E-state index in [1.54, 1.807) is 18.1 Å². The van der Waals surface area contributed by atoms with Crippen LogP contribution in [-0.2, 0) is 6.54 Å². The van der Waals surface area contributed by atoms with Crippen LogP contribution in [0.5, 0.6) is 0 Å². The molecule has 1 unspecified atom stereocenters. The highest BCUT2D eigenvalue weighted by Crippen LogP contribution is 2.11. The average Bonchev–Trinajstić information content (AvgIpc) is 2.96. The molecule has 1 aromatic rings. The minimum atomic E-state index is 0.423. The highest BCUT2D eigenvalue weighted by atomic mass is 35.5. The number of hydrogen-bond acceptors (Lipinski definition) is 4. The molecule has 108 valence electrons. The van der Waals surface area contributed by atoms with Crippen LogP contribution >= 0.6 is 23.4 Å². The summed E-state index contributed by atoms with van der Waals surface area (Å²) in [6, 6.07) is 8.10. The molecule has 1 heterocycles. The van der Waals surface area contributed by atoms with Crippen LogP contribution in [0.25, 0.3) is 0 Å². The Labute approximate surface area is 128 Å². The lowest BCUT2D eigenvalue weighted by atomic mass is 10.2. The average molecular weight is 311 g/mol. The van der Waals surface area contributed by atoms with E-state index in [1.807, 2.05) is 24.3 Å². The van der Waals surface area contributed by atoms with Crippen LogP contribution in [-0.4, -0.2) is 29.8 Å². The molecule has 4 nitrogen and oxygen atoms in total. The van der Waals surface area contributed by atoms with Crippen LogP contribution in [0.3, 0.4) is 0 Å². The lowest BCUT2D eigenvalue weighted by Crippen LogP contribution is -2.19. The summed E-state index contributed by atoms with van der Waals surface area (Å²) in [6.45, 7) is 1.62. The second-order valence-corrected chi connectivity index (χ2v) is 6.18. The van der Waals surface area contributed by atoms with Gasteiger partial charge in [-0.1, -0.05) is 35.5 Å². The zero-order chi connectivity index (χ0) is 14.2. The Morgan fingerprint density at radius 3 is 2.95 bits per heavy atom. The number of hydrogen-bond donors (Lipinski definition) is 3. The van der Waals surface area contributed by atoms with Crippen LogP contribution in [0.4, 0.5) is 0 Å². The Morgan fingerprint density at radius 2 is 2.25 bits per heavy atom. The molecule has 0 spiro atoms. The summed E-state index contributed by atoms with van der Waals surface area (Å²) < 4.78 is 0. The van der Waals surface area contributed by atoms with Gasteiger partial charge in [0.2, 0.25) is 0 Å². The number of nitrogens with zero attached hydrogens (tertiary/aromatic N) is 1. The van der Waals surface area contributed by atoms with Crippen molar-refractivity contribution >= 4 is 34.9 Å². The first-order chi connectivity index (χ1) is 9.74. The molecule has 20 heavy (non-hydrogen) atoms. The Bertz CT molecular complexity index is 461. The van der Waals surface area contributed by atoms with E-state index in [-0.39, 0.29) is 0 Å². The van der Waals surface area contributed by atoms with Crippen LogP contribution < -0.4 is 10.6 Å². The summed E-state index contributed by atoms with van der Waals surface area (Å²) in [7, 11) is 0. The minimum Gasteiger partial charge on any atom is -0.374 e. The van der Waals surface area contributed by atoms with Gasteiger partial charge in [0.25, 0.3) is 0 Å². The van der Waals surface area contributed by atoms with E-state index >= 15 is 0 Å². The highest BCUT2D eigenvalue weighted by molar-refractivity contribution is 8.13. The third-order valence-electron chi connectivity index (χ3n) is 3.02. The van der Waals surface area contributed by atoms with Crippen molar-refractivity contribution < 1.29 is 0 Å². The number of halogens is 1. The van der Waals surface area contributed by atoms with Crippen molar-refractivity contribution in [3.8, 4) is 0 Å². The number of benzene rings is 1. The summed E-state index contributed by atoms with van der Waals surface area (Å²) in [4.78, 5) is 4.31. The van der Waals surface area contributed by atoms with Crippen LogP contribution in [0.2, 0.25) is 5.02 Å². The van der Waals surface area contributed by atoms with E-state index in [9.17, 15) is 0 Å².